The zero-order valence-corrected chi connectivity index (χ0v) is 23.1. The Morgan fingerprint density at radius 3 is 2.49 bits per heavy atom. The number of aryl methyl sites for hydroxylation is 2. The van der Waals surface area contributed by atoms with Gasteiger partial charge in [-0.25, -0.2) is 15.0 Å². The van der Waals surface area contributed by atoms with Crippen molar-refractivity contribution in [3.63, 3.8) is 0 Å². The van der Waals surface area contributed by atoms with E-state index in [0.29, 0.717) is 29.7 Å². The summed E-state index contributed by atoms with van der Waals surface area (Å²) in [5, 5.41) is 0.868. The summed E-state index contributed by atoms with van der Waals surface area (Å²) in [5.74, 6) is 4.90. The molecule has 0 unspecified atom stereocenters. The van der Waals surface area contributed by atoms with E-state index in [1.54, 1.807) is 0 Å². The summed E-state index contributed by atoms with van der Waals surface area (Å²) < 4.78 is 7.70. The Balaban J connectivity index is 1.70. The normalized spacial score (nSPS) is 11.3. The summed E-state index contributed by atoms with van der Waals surface area (Å²) >= 11 is 0. The van der Waals surface area contributed by atoms with Crippen LogP contribution in [0.25, 0.3) is 44.8 Å². The van der Waals surface area contributed by atoms with Gasteiger partial charge in [0.15, 0.2) is 17.4 Å². The summed E-state index contributed by atoms with van der Waals surface area (Å²) in [5.41, 5.74) is 7.15. The Bertz CT molecular complexity index is 1740. The molecule has 0 atom stereocenters. The Labute approximate surface area is 229 Å². The third-order valence-corrected chi connectivity index (χ3v) is 7.04. The number of benzene rings is 3. The molecule has 0 spiro atoms. The Morgan fingerprint density at radius 2 is 1.79 bits per heavy atom. The number of carbonyl (C=O) groups is 1. The molecule has 5 rings (SSSR count). The molecule has 0 amide bonds. The second-order valence-electron chi connectivity index (χ2n) is 10.2. The van der Waals surface area contributed by atoms with Gasteiger partial charge in [0.1, 0.15) is 12.4 Å². The molecule has 0 saturated carbocycles. The minimum absolute atomic E-state index is 0.140. The first-order valence-electron chi connectivity index (χ1n) is 13.3. The summed E-state index contributed by atoms with van der Waals surface area (Å²) in [6.07, 6.45) is 6.73. The monoisotopic (exact) mass is 516 g/mol. The second-order valence-corrected chi connectivity index (χ2v) is 10.2. The number of nitrogens with zero attached hydrogens (tertiary/aromatic N) is 4. The van der Waals surface area contributed by atoms with Gasteiger partial charge in [-0.2, -0.15) is 0 Å². The first kappa shape index (κ1) is 26.1. The smallest absolute Gasteiger partial charge is 0.197 e. The number of Topliss-reactive ketones (excluding diaryl/α,β-unsaturated/α-hetero) is 1. The quantitative estimate of drug-likeness (QED) is 0.160. The maximum absolute atomic E-state index is 12.7. The van der Waals surface area contributed by atoms with Crippen molar-refractivity contribution in [3.05, 3.63) is 71.3 Å². The summed E-state index contributed by atoms with van der Waals surface area (Å²) in [6, 6.07) is 18.1. The zero-order chi connectivity index (χ0) is 27.7. The lowest BCUT2D eigenvalue weighted by Gasteiger charge is -2.12. The molecule has 5 aromatic rings. The molecule has 39 heavy (non-hydrogen) atoms. The largest absolute Gasteiger partial charge is 0.481 e. The molecule has 0 N–H and O–H groups in total. The number of hydrogen-bond acceptors (Lipinski definition) is 5. The van der Waals surface area contributed by atoms with E-state index in [0.717, 1.165) is 50.7 Å². The average molecular weight is 517 g/mol. The molecule has 6 heteroatoms. The van der Waals surface area contributed by atoms with Gasteiger partial charge in [0.25, 0.3) is 0 Å². The van der Waals surface area contributed by atoms with E-state index in [-0.39, 0.29) is 12.4 Å². The number of ketones is 1. The number of carbonyl (C=O) groups excluding carboxylic acids is 1. The van der Waals surface area contributed by atoms with Crippen LogP contribution in [0.1, 0.15) is 61.0 Å². The van der Waals surface area contributed by atoms with E-state index in [2.05, 4.69) is 44.0 Å². The zero-order valence-electron chi connectivity index (χ0n) is 23.1. The van der Waals surface area contributed by atoms with Crippen molar-refractivity contribution >= 4 is 27.7 Å². The first-order valence-corrected chi connectivity index (χ1v) is 13.3. The van der Waals surface area contributed by atoms with Crippen molar-refractivity contribution in [3.8, 4) is 41.0 Å². The third-order valence-electron chi connectivity index (χ3n) is 7.04. The van der Waals surface area contributed by atoms with Crippen molar-refractivity contribution < 1.29 is 9.53 Å². The van der Waals surface area contributed by atoms with E-state index in [1.165, 1.54) is 5.56 Å². The fourth-order valence-corrected chi connectivity index (χ4v) is 4.87. The number of hydrogen-bond donors (Lipinski definition) is 0. The molecular formula is C33H32N4O2. The molecule has 2 aromatic heterocycles. The topological polar surface area (TPSA) is 69.9 Å². The van der Waals surface area contributed by atoms with Gasteiger partial charge < -0.3 is 9.30 Å². The van der Waals surface area contributed by atoms with E-state index >= 15 is 0 Å². The first-order chi connectivity index (χ1) is 18.8. The van der Waals surface area contributed by atoms with Gasteiger partial charge in [0, 0.05) is 30.0 Å². The Morgan fingerprint density at radius 1 is 1.03 bits per heavy atom. The molecule has 3 aromatic carbocycles. The summed E-state index contributed by atoms with van der Waals surface area (Å²) in [6.45, 7) is 8.53. The third kappa shape index (κ3) is 5.00. The van der Waals surface area contributed by atoms with Gasteiger partial charge in [0.2, 0.25) is 0 Å². The van der Waals surface area contributed by atoms with Crippen molar-refractivity contribution in [2.75, 3.05) is 6.61 Å². The highest BCUT2D eigenvalue weighted by atomic mass is 16.5. The lowest BCUT2D eigenvalue weighted by Crippen LogP contribution is -2.02. The van der Waals surface area contributed by atoms with Crippen LogP contribution < -0.4 is 4.74 Å². The molecule has 0 aliphatic carbocycles. The molecule has 0 fully saturated rings. The lowest BCUT2D eigenvalue weighted by atomic mass is 9.99. The maximum atomic E-state index is 12.7. The number of imidazole rings is 1. The van der Waals surface area contributed by atoms with Crippen molar-refractivity contribution in [2.24, 2.45) is 7.05 Å². The Hall–Kier alpha value is -4.50. The minimum atomic E-state index is 0.140. The fourth-order valence-electron chi connectivity index (χ4n) is 4.87. The lowest BCUT2D eigenvalue weighted by molar-refractivity contribution is 0.0981. The van der Waals surface area contributed by atoms with Gasteiger partial charge in [-0.05, 0) is 60.7 Å². The van der Waals surface area contributed by atoms with Crippen molar-refractivity contribution in [2.45, 2.75) is 46.5 Å². The van der Waals surface area contributed by atoms with Crippen LogP contribution in [0.3, 0.4) is 0 Å². The molecule has 2 heterocycles. The number of terminal acetylenes is 1. The number of fused-ring (bicyclic) bond motifs is 2. The summed E-state index contributed by atoms with van der Waals surface area (Å²) in [4.78, 5) is 27.6. The molecule has 0 aliphatic heterocycles. The predicted molar refractivity (Wildman–Crippen MR) is 157 cm³/mol. The molecule has 0 saturated heterocycles. The predicted octanol–water partition coefficient (Wildman–Crippen LogP) is 7.28. The minimum Gasteiger partial charge on any atom is -0.481 e. The molecule has 0 bridgehead atoms. The van der Waals surface area contributed by atoms with Crippen LogP contribution in [-0.2, 0) is 7.05 Å². The van der Waals surface area contributed by atoms with E-state index in [4.69, 9.17) is 26.1 Å². The molecular weight excluding hydrogens is 484 g/mol. The van der Waals surface area contributed by atoms with E-state index in [1.807, 2.05) is 55.8 Å². The number of aromatic nitrogens is 4. The number of ether oxygens (including phenoxy) is 1. The van der Waals surface area contributed by atoms with Gasteiger partial charge in [0.05, 0.1) is 22.2 Å². The van der Waals surface area contributed by atoms with Crippen LogP contribution in [-0.4, -0.2) is 31.9 Å². The van der Waals surface area contributed by atoms with Crippen LogP contribution in [0.4, 0.5) is 0 Å². The standard InChI is InChI=1S/C33H32N4O2/c1-7-9-30(38)25-19-28-29(17-21(25)5)37(6)33(35-28)32-34-27-15-14-24(39-16-8-2)18-26(27)31(36-32)23-12-10-22(11-13-23)20(3)4/h2,10-15,17-20H,7,9,16H2,1,3-6H3. The van der Waals surface area contributed by atoms with Crippen molar-refractivity contribution in [1.29, 1.82) is 0 Å². The molecule has 0 aliphatic rings. The van der Waals surface area contributed by atoms with Crippen LogP contribution in [0.15, 0.2) is 54.6 Å². The molecule has 0 radical (unpaired) electrons. The van der Waals surface area contributed by atoms with Crippen LogP contribution >= 0.6 is 0 Å². The van der Waals surface area contributed by atoms with Crippen LogP contribution in [0.2, 0.25) is 0 Å². The SMILES string of the molecule is C#CCOc1ccc2nc(-c3nc4cc(C(=O)CCC)c(C)cc4n3C)nc(-c3ccc(C(C)C)cc3)c2c1. The summed E-state index contributed by atoms with van der Waals surface area (Å²) in [7, 11) is 1.96. The second kappa shape index (κ2) is 10.7. The molecule has 6 nitrogen and oxygen atoms in total. The van der Waals surface area contributed by atoms with Crippen LogP contribution in [0, 0.1) is 19.3 Å². The van der Waals surface area contributed by atoms with Gasteiger partial charge in [-0.15, -0.1) is 6.42 Å². The maximum Gasteiger partial charge on any atom is 0.197 e. The van der Waals surface area contributed by atoms with Crippen LogP contribution in [0.5, 0.6) is 5.75 Å². The molecule has 196 valence electrons. The number of rotatable bonds is 8. The average Bonchev–Trinajstić information content (AvgIpc) is 3.26. The van der Waals surface area contributed by atoms with E-state index < -0.39 is 0 Å². The van der Waals surface area contributed by atoms with E-state index in [9.17, 15) is 4.79 Å². The van der Waals surface area contributed by atoms with Crippen molar-refractivity contribution in [1.82, 2.24) is 19.5 Å². The highest BCUT2D eigenvalue weighted by Crippen LogP contribution is 2.33. The van der Waals surface area contributed by atoms with Gasteiger partial charge >= 0.3 is 0 Å². The highest BCUT2D eigenvalue weighted by molar-refractivity contribution is 6.01. The fraction of sp³-hybridized carbons (Fsp3) is 0.273. The highest BCUT2D eigenvalue weighted by Gasteiger charge is 2.19. The van der Waals surface area contributed by atoms with Gasteiger partial charge in [-0.3, -0.25) is 4.79 Å². The Kier molecular flexibility index (Phi) is 7.17. The van der Waals surface area contributed by atoms with Gasteiger partial charge in [-0.1, -0.05) is 51.0 Å².